The van der Waals surface area contributed by atoms with E-state index in [1.807, 2.05) is 30.6 Å². The zero-order valence-corrected chi connectivity index (χ0v) is 9.88. The van der Waals surface area contributed by atoms with Crippen LogP contribution in [0.4, 0.5) is 0 Å². The van der Waals surface area contributed by atoms with E-state index in [0.29, 0.717) is 0 Å². The van der Waals surface area contributed by atoms with Gasteiger partial charge < -0.3 is 9.47 Å². The first kappa shape index (κ1) is 11.4. The van der Waals surface area contributed by atoms with Crippen molar-refractivity contribution in [2.75, 3.05) is 14.2 Å². The van der Waals surface area contributed by atoms with Crippen LogP contribution in [0.5, 0.6) is 11.5 Å². The summed E-state index contributed by atoms with van der Waals surface area (Å²) >= 11 is 0. The summed E-state index contributed by atoms with van der Waals surface area (Å²) in [5.41, 5.74) is 2.21. The molecule has 0 aliphatic carbocycles. The molecule has 0 aliphatic rings. The van der Waals surface area contributed by atoms with Gasteiger partial charge in [-0.3, -0.25) is 0 Å². The molecule has 0 spiro atoms. The molecule has 1 aromatic carbocycles. The highest BCUT2D eigenvalue weighted by atomic mass is 16.5. The Bertz CT molecular complexity index is 486. The van der Waals surface area contributed by atoms with Gasteiger partial charge in [-0.25, -0.2) is 9.97 Å². The van der Waals surface area contributed by atoms with Crippen LogP contribution in [0.15, 0.2) is 36.9 Å². The number of ether oxygens (including phenoxy) is 2. The van der Waals surface area contributed by atoms with Crippen LogP contribution in [0, 0.1) is 0 Å². The van der Waals surface area contributed by atoms with Crippen molar-refractivity contribution in [2.24, 2.45) is 0 Å². The molecule has 2 aromatic rings. The normalized spacial score (nSPS) is 10.0. The van der Waals surface area contributed by atoms with Crippen molar-refractivity contribution in [3.8, 4) is 11.5 Å². The molecule has 0 aliphatic heterocycles. The van der Waals surface area contributed by atoms with Gasteiger partial charge in [0.15, 0.2) is 11.5 Å². The summed E-state index contributed by atoms with van der Waals surface area (Å²) in [5, 5.41) is 0. The molecule has 0 atom stereocenters. The zero-order valence-electron chi connectivity index (χ0n) is 9.88. The van der Waals surface area contributed by atoms with Crippen molar-refractivity contribution in [1.29, 1.82) is 0 Å². The van der Waals surface area contributed by atoms with Gasteiger partial charge in [0.05, 0.1) is 14.2 Å². The molecule has 17 heavy (non-hydrogen) atoms. The van der Waals surface area contributed by atoms with Gasteiger partial charge in [0, 0.05) is 18.8 Å². The van der Waals surface area contributed by atoms with E-state index in [0.717, 1.165) is 29.0 Å². The molecule has 2 rings (SSSR count). The lowest BCUT2D eigenvalue weighted by Crippen LogP contribution is -1.94. The molecule has 4 nitrogen and oxygen atoms in total. The molecule has 0 fully saturated rings. The maximum Gasteiger partial charge on any atom is 0.160 e. The van der Waals surface area contributed by atoms with Gasteiger partial charge in [0.1, 0.15) is 6.33 Å². The maximum atomic E-state index is 5.26. The molecule has 0 bridgehead atoms. The Morgan fingerprint density at radius 1 is 0.941 bits per heavy atom. The molecule has 88 valence electrons. The summed E-state index contributed by atoms with van der Waals surface area (Å²) in [4.78, 5) is 7.98. The van der Waals surface area contributed by atoms with Gasteiger partial charge in [0.2, 0.25) is 0 Å². The first-order chi connectivity index (χ1) is 8.33. The van der Waals surface area contributed by atoms with Crippen LogP contribution in [-0.4, -0.2) is 24.2 Å². The fourth-order valence-corrected chi connectivity index (χ4v) is 1.65. The summed E-state index contributed by atoms with van der Waals surface area (Å²) in [7, 11) is 3.26. The van der Waals surface area contributed by atoms with Crippen molar-refractivity contribution in [3.05, 3.63) is 48.0 Å². The van der Waals surface area contributed by atoms with Crippen molar-refractivity contribution in [1.82, 2.24) is 9.97 Å². The van der Waals surface area contributed by atoms with E-state index in [-0.39, 0.29) is 0 Å². The third kappa shape index (κ3) is 2.72. The molecule has 0 unspecified atom stereocenters. The summed E-state index contributed by atoms with van der Waals surface area (Å²) in [5.74, 6) is 1.47. The summed E-state index contributed by atoms with van der Waals surface area (Å²) in [6.07, 6.45) is 5.92. The average molecular weight is 230 g/mol. The molecule has 1 heterocycles. The number of hydrogen-bond acceptors (Lipinski definition) is 4. The van der Waals surface area contributed by atoms with Gasteiger partial charge in [-0.2, -0.15) is 0 Å². The van der Waals surface area contributed by atoms with Crippen LogP contribution in [0.1, 0.15) is 11.1 Å². The second-order valence-electron chi connectivity index (χ2n) is 3.61. The molecule has 0 N–H and O–H groups in total. The number of rotatable bonds is 4. The Hall–Kier alpha value is -2.10. The lowest BCUT2D eigenvalue weighted by Gasteiger charge is -2.09. The molecule has 4 heteroatoms. The van der Waals surface area contributed by atoms with Crippen LogP contribution in [0.3, 0.4) is 0 Å². The van der Waals surface area contributed by atoms with Gasteiger partial charge in [0.25, 0.3) is 0 Å². The van der Waals surface area contributed by atoms with E-state index < -0.39 is 0 Å². The minimum atomic E-state index is 0.737. The van der Waals surface area contributed by atoms with E-state index in [1.54, 1.807) is 14.2 Å². The van der Waals surface area contributed by atoms with Gasteiger partial charge in [-0.05, 0) is 23.3 Å². The van der Waals surface area contributed by atoms with Crippen molar-refractivity contribution in [3.63, 3.8) is 0 Å². The van der Waals surface area contributed by atoms with E-state index in [4.69, 9.17) is 9.47 Å². The van der Waals surface area contributed by atoms with E-state index >= 15 is 0 Å². The summed E-state index contributed by atoms with van der Waals surface area (Å²) in [6, 6.07) is 5.87. The van der Waals surface area contributed by atoms with Crippen molar-refractivity contribution in [2.45, 2.75) is 6.42 Å². The molecule has 0 saturated carbocycles. The van der Waals surface area contributed by atoms with Gasteiger partial charge >= 0.3 is 0 Å². The smallest absolute Gasteiger partial charge is 0.160 e. The number of aromatic nitrogens is 2. The van der Waals surface area contributed by atoms with Gasteiger partial charge in [-0.15, -0.1) is 0 Å². The number of hydrogen-bond donors (Lipinski definition) is 0. The quantitative estimate of drug-likeness (QED) is 0.806. The number of methoxy groups -OCH3 is 2. The molecular weight excluding hydrogens is 216 g/mol. The standard InChI is InChI=1S/C13H14N2O2/c1-16-12-4-3-10(6-13(12)17-2)5-11-7-14-9-15-8-11/h3-4,6-9H,5H2,1-2H3. The summed E-state index contributed by atoms with van der Waals surface area (Å²) in [6.45, 7) is 0. The molecule has 0 saturated heterocycles. The SMILES string of the molecule is COc1ccc(Cc2cncnc2)cc1OC. The predicted octanol–water partition coefficient (Wildman–Crippen LogP) is 2.08. The van der Waals surface area contributed by atoms with Crippen LogP contribution < -0.4 is 9.47 Å². The second kappa shape index (κ2) is 5.30. The van der Waals surface area contributed by atoms with E-state index in [9.17, 15) is 0 Å². The monoisotopic (exact) mass is 230 g/mol. The topological polar surface area (TPSA) is 44.2 Å². The highest BCUT2D eigenvalue weighted by Crippen LogP contribution is 2.28. The van der Waals surface area contributed by atoms with Crippen LogP contribution in [0.25, 0.3) is 0 Å². The number of nitrogens with zero attached hydrogens (tertiary/aromatic N) is 2. The first-order valence-electron chi connectivity index (χ1n) is 5.28. The Balaban J connectivity index is 2.22. The molecule has 0 radical (unpaired) electrons. The Morgan fingerprint density at radius 2 is 1.65 bits per heavy atom. The number of benzene rings is 1. The van der Waals surface area contributed by atoms with Crippen molar-refractivity contribution < 1.29 is 9.47 Å². The highest BCUT2D eigenvalue weighted by Gasteiger charge is 2.05. The third-order valence-corrected chi connectivity index (χ3v) is 2.47. The molecule has 1 aromatic heterocycles. The fraction of sp³-hybridized carbons (Fsp3) is 0.231. The van der Waals surface area contributed by atoms with E-state index in [2.05, 4.69) is 9.97 Å². The Kier molecular flexibility index (Phi) is 3.55. The van der Waals surface area contributed by atoms with Gasteiger partial charge in [-0.1, -0.05) is 6.07 Å². The predicted molar refractivity (Wildman–Crippen MR) is 64.4 cm³/mol. The first-order valence-corrected chi connectivity index (χ1v) is 5.28. The second-order valence-corrected chi connectivity index (χ2v) is 3.61. The third-order valence-electron chi connectivity index (χ3n) is 2.47. The average Bonchev–Trinajstić information content (AvgIpc) is 2.40. The Labute approximate surface area is 100 Å². The zero-order chi connectivity index (χ0) is 12.1. The largest absolute Gasteiger partial charge is 0.493 e. The van der Waals surface area contributed by atoms with Crippen LogP contribution in [-0.2, 0) is 6.42 Å². The Morgan fingerprint density at radius 3 is 2.29 bits per heavy atom. The molecule has 0 amide bonds. The van der Waals surface area contributed by atoms with Crippen LogP contribution in [0.2, 0.25) is 0 Å². The fourth-order valence-electron chi connectivity index (χ4n) is 1.65. The minimum absolute atomic E-state index is 0.737. The van der Waals surface area contributed by atoms with Crippen LogP contribution >= 0.6 is 0 Å². The minimum Gasteiger partial charge on any atom is -0.493 e. The lowest BCUT2D eigenvalue weighted by molar-refractivity contribution is 0.354. The highest BCUT2D eigenvalue weighted by molar-refractivity contribution is 5.43. The maximum absolute atomic E-state index is 5.26. The van der Waals surface area contributed by atoms with E-state index in [1.165, 1.54) is 6.33 Å². The lowest BCUT2D eigenvalue weighted by atomic mass is 10.1. The summed E-state index contributed by atoms with van der Waals surface area (Å²) < 4.78 is 10.5. The molecular formula is C13H14N2O2. The van der Waals surface area contributed by atoms with Crippen molar-refractivity contribution >= 4 is 0 Å².